The lowest BCUT2D eigenvalue weighted by Gasteiger charge is -2.31. The molecule has 0 aromatic heterocycles. The highest BCUT2D eigenvalue weighted by Gasteiger charge is 2.35. The average molecular weight is 360 g/mol. The van der Waals surface area contributed by atoms with Crippen molar-refractivity contribution in [3.05, 3.63) is 53.1 Å². The van der Waals surface area contributed by atoms with Gasteiger partial charge in [0.05, 0.1) is 19.9 Å². The summed E-state index contributed by atoms with van der Waals surface area (Å²) in [5, 5.41) is 0.627. The normalized spacial score (nSPS) is 15.4. The van der Waals surface area contributed by atoms with Gasteiger partial charge in [-0.1, -0.05) is 23.7 Å². The highest BCUT2D eigenvalue weighted by atomic mass is 35.5. The monoisotopic (exact) mass is 359 g/mol. The van der Waals surface area contributed by atoms with Gasteiger partial charge in [0, 0.05) is 29.8 Å². The van der Waals surface area contributed by atoms with Gasteiger partial charge in [0.1, 0.15) is 11.5 Å². The van der Waals surface area contributed by atoms with Crippen LogP contribution in [0, 0.1) is 0 Å². The third kappa shape index (κ3) is 3.46. The highest BCUT2D eigenvalue weighted by molar-refractivity contribution is 6.30. The van der Waals surface area contributed by atoms with E-state index in [4.69, 9.17) is 21.1 Å². The van der Waals surface area contributed by atoms with Crippen molar-refractivity contribution in [1.29, 1.82) is 0 Å². The number of piperidine rings is 1. The lowest BCUT2D eigenvalue weighted by atomic mass is 9.88. The number of imide groups is 1. The fourth-order valence-corrected chi connectivity index (χ4v) is 3.15. The van der Waals surface area contributed by atoms with Crippen LogP contribution in [0.4, 0.5) is 5.69 Å². The van der Waals surface area contributed by atoms with Gasteiger partial charge in [-0.15, -0.1) is 0 Å². The number of methoxy groups -OCH3 is 2. The summed E-state index contributed by atoms with van der Waals surface area (Å²) in [5.74, 6) is 0.375. The summed E-state index contributed by atoms with van der Waals surface area (Å²) in [6.07, 6.45) is 0.505. The van der Waals surface area contributed by atoms with Crippen molar-refractivity contribution in [2.75, 3.05) is 19.1 Å². The summed E-state index contributed by atoms with van der Waals surface area (Å²) >= 11 is 5.90. The zero-order valence-corrected chi connectivity index (χ0v) is 14.7. The van der Waals surface area contributed by atoms with Crippen LogP contribution in [0.3, 0.4) is 0 Å². The molecule has 0 bridgehead atoms. The molecule has 6 heteroatoms. The van der Waals surface area contributed by atoms with E-state index in [0.717, 1.165) is 5.56 Å². The largest absolute Gasteiger partial charge is 0.497 e. The summed E-state index contributed by atoms with van der Waals surface area (Å²) in [6.45, 7) is 0. The molecule has 0 atom stereocenters. The molecule has 0 aliphatic carbocycles. The second-order valence-corrected chi connectivity index (χ2v) is 6.25. The van der Waals surface area contributed by atoms with Gasteiger partial charge in [-0.3, -0.25) is 9.59 Å². The molecule has 3 rings (SSSR count). The Kier molecular flexibility index (Phi) is 4.95. The van der Waals surface area contributed by atoms with Crippen LogP contribution in [0.15, 0.2) is 42.5 Å². The first-order chi connectivity index (χ1) is 12.0. The molecule has 1 aliphatic rings. The predicted octanol–water partition coefficient (Wildman–Crippen LogP) is 3.79. The number of ether oxygens (including phenoxy) is 2. The zero-order valence-electron chi connectivity index (χ0n) is 14.0. The number of nitrogens with zero attached hydrogens (tertiary/aromatic N) is 1. The Bertz CT molecular complexity index is 786. The van der Waals surface area contributed by atoms with Gasteiger partial charge in [0.2, 0.25) is 11.8 Å². The topological polar surface area (TPSA) is 55.8 Å². The van der Waals surface area contributed by atoms with Crippen LogP contribution in [0.25, 0.3) is 0 Å². The van der Waals surface area contributed by atoms with E-state index in [1.54, 1.807) is 37.4 Å². The maximum absolute atomic E-state index is 12.7. The number of amides is 2. The second-order valence-electron chi connectivity index (χ2n) is 5.82. The third-order valence-electron chi connectivity index (χ3n) is 4.31. The molecule has 1 heterocycles. The molecule has 0 saturated carbocycles. The molecule has 2 aromatic rings. The van der Waals surface area contributed by atoms with Crippen LogP contribution >= 0.6 is 11.6 Å². The number of hydrogen-bond donors (Lipinski definition) is 0. The Morgan fingerprint density at radius 2 is 1.60 bits per heavy atom. The number of rotatable bonds is 4. The first-order valence-corrected chi connectivity index (χ1v) is 8.24. The molecule has 1 fully saturated rings. The van der Waals surface area contributed by atoms with Crippen LogP contribution in [0.1, 0.15) is 24.3 Å². The van der Waals surface area contributed by atoms with E-state index in [1.807, 2.05) is 12.1 Å². The Morgan fingerprint density at radius 3 is 2.16 bits per heavy atom. The Morgan fingerprint density at radius 1 is 0.960 bits per heavy atom. The fourth-order valence-electron chi connectivity index (χ4n) is 3.02. The van der Waals surface area contributed by atoms with E-state index in [1.165, 1.54) is 12.0 Å². The number of carbonyl (C=O) groups excluding carboxylic acids is 2. The first-order valence-electron chi connectivity index (χ1n) is 7.86. The molecule has 5 nitrogen and oxygen atoms in total. The molecular weight excluding hydrogens is 342 g/mol. The summed E-state index contributed by atoms with van der Waals surface area (Å²) in [7, 11) is 3.04. The third-order valence-corrected chi connectivity index (χ3v) is 4.56. The lowest BCUT2D eigenvalue weighted by Crippen LogP contribution is -2.43. The number of anilines is 1. The van der Waals surface area contributed by atoms with Crippen molar-refractivity contribution in [1.82, 2.24) is 0 Å². The molecule has 0 radical (unpaired) electrons. The fraction of sp³-hybridized carbons (Fsp3) is 0.263. The standard InChI is InChI=1S/C19H18ClNO4/c1-24-15-7-8-16(17(11-15)25-2)21-18(22)9-13(10-19(21)23)12-3-5-14(20)6-4-12/h3-8,11,13H,9-10H2,1-2H3. The van der Waals surface area contributed by atoms with E-state index in [-0.39, 0.29) is 30.6 Å². The molecule has 130 valence electrons. The quantitative estimate of drug-likeness (QED) is 0.779. The van der Waals surface area contributed by atoms with Crippen molar-refractivity contribution in [3.8, 4) is 11.5 Å². The Labute approximate surface area is 151 Å². The van der Waals surface area contributed by atoms with Crippen LogP contribution in [0.5, 0.6) is 11.5 Å². The maximum Gasteiger partial charge on any atom is 0.234 e. The molecule has 2 aromatic carbocycles. The minimum atomic E-state index is -0.250. The molecule has 1 saturated heterocycles. The van der Waals surface area contributed by atoms with Gasteiger partial charge in [-0.2, -0.15) is 0 Å². The van der Waals surface area contributed by atoms with E-state index in [0.29, 0.717) is 22.2 Å². The number of hydrogen-bond acceptors (Lipinski definition) is 4. The molecule has 1 aliphatic heterocycles. The minimum Gasteiger partial charge on any atom is -0.497 e. The number of carbonyl (C=O) groups is 2. The minimum absolute atomic E-state index is 0.141. The van der Waals surface area contributed by atoms with Gasteiger partial charge < -0.3 is 9.47 Å². The number of halogens is 1. The molecule has 0 spiro atoms. The summed E-state index contributed by atoms with van der Waals surface area (Å²) in [4.78, 5) is 26.5. The maximum atomic E-state index is 12.7. The van der Waals surface area contributed by atoms with Gasteiger partial charge in [0.15, 0.2) is 0 Å². The second kappa shape index (κ2) is 7.15. The molecular formula is C19H18ClNO4. The number of benzene rings is 2. The highest BCUT2D eigenvalue weighted by Crippen LogP contribution is 2.38. The van der Waals surface area contributed by atoms with Crippen molar-refractivity contribution in [2.24, 2.45) is 0 Å². The SMILES string of the molecule is COc1ccc(N2C(=O)CC(c3ccc(Cl)cc3)CC2=O)c(OC)c1. The van der Waals surface area contributed by atoms with Crippen molar-refractivity contribution in [3.63, 3.8) is 0 Å². The van der Waals surface area contributed by atoms with Crippen molar-refractivity contribution < 1.29 is 19.1 Å². The predicted molar refractivity (Wildman–Crippen MR) is 95.5 cm³/mol. The Hall–Kier alpha value is -2.53. The molecule has 2 amide bonds. The molecule has 0 unspecified atom stereocenters. The summed E-state index contributed by atoms with van der Waals surface area (Å²) in [6, 6.07) is 12.3. The zero-order chi connectivity index (χ0) is 18.0. The van der Waals surface area contributed by atoms with Gasteiger partial charge in [-0.25, -0.2) is 4.90 Å². The Balaban J connectivity index is 1.87. The van der Waals surface area contributed by atoms with Crippen LogP contribution in [0.2, 0.25) is 5.02 Å². The lowest BCUT2D eigenvalue weighted by molar-refractivity contribution is -0.129. The van der Waals surface area contributed by atoms with Crippen molar-refractivity contribution >= 4 is 29.1 Å². The van der Waals surface area contributed by atoms with E-state index in [9.17, 15) is 9.59 Å². The smallest absolute Gasteiger partial charge is 0.234 e. The van der Waals surface area contributed by atoms with Crippen LogP contribution in [-0.2, 0) is 9.59 Å². The summed E-state index contributed by atoms with van der Waals surface area (Å²) in [5.41, 5.74) is 1.38. The molecule has 0 N–H and O–H groups in total. The summed E-state index contributed by atoms with van der Waals surface area (Å²) < 4.78 is 10.5. The van der Waals surface area contributed by atoms with Gasteiger partial charge >= 0.3 is 0 Å². The first kappa shape index (κ1) is 17.3. The van der Waals surface area contributed by atoms with Crippen LogP contribution < -0.4 is 14.4 Å². The molecule has 25 heavy (non-hydrogen) atoms. The van der Waals surface area contributed by atoms with Crippen molar-refractivity contribution in [2.45, 2.75) is 18.8 Å². The van der Waals surface area contributed by atoms with Gasteiger partial charge in [0.25, 0.3) is 0 Å². The average Bonchev–Trinajstić information content (AvgIpc) is 2.61. The van der Waals surface area contributed by atoms with Gasteiger partial charge in [-0.05, 0) is 29.8 Å². The van der Waals surface area contributed by atoms with E-state index >= 15 is 0 Å². The van der Waals surface area contributed by atoms with E-state index < -0.39 is 0 Å². The van der Waals surface area contributed by atoms with Crippen LogP contribution in [-0.4, -0.2) is 26.0 Å². The van der Waals surface area contributed by atoms with E-state index in [2.05, 4.69) is 0 Å².